The Morgan fingerprint density at radius 3 is 2.33 bits per heavy atom. The molecule has 24 heavy (non-hydrogen) atoms. The number of carbonyl (C=O) groups is 1. The highest BCUT2D eigenvalue weighted by Crippen LogP contribution is 2.30. The van der Waals surface area contributed by atoms with Crippen LogP contribution in [0.5, 0.6) is 0 Å². The van der Waals surface area contributed by atoms with Gasteiger partial charge in [0, 0.05) is 36.3 Å². The van der Waals surface area contributed by atoms with E-state index in [-0.39, 0.29) is 11.5 Å². The summed E-state index contributed by atoms with van der Waals surface area (Å²) < 4.78 is 0. The van der Waals surface area contributed by atoms with Crippen LogP contribution in [0.1, 0.15) is 40.7 Å². The summed E-state index contributed by atoms with van der Waals surface area (Å²) >= 11 is 0. The van der Waals surface area contributed by atoms with Crippen molar-refractivity contribution in [1.82, 2.24) is 0 Å². The number of anilines is 1. The van der Waals surface area contributed by atoms with Crippen LogP contribution in [0.3, 0.4) is 0 Å². The highest BCUT2D eigenvalue weighted by molar-refractivity contribution is 6.12. The quantitative estimate of drug-likeness (QED) is 0.482. The summed E-state index contributed by atoms with van der Waals surface area (Å²) in [6, 6.07) is 11.9. The molecule has 0 bridgehead atoms. The van der Waals surface area contributed by atoms with E-state index < -0.39 is 4.92 Å². The molecule has 2 aromatic rings. The molecule has 0 aliphatic carbocycles. The minimum atomic E-state index is -0.409. The largest absolute Gasteiger partial charge is 0.371 e. The van der Waals surface area contributed by atoms with Crippen LogP contribution >= 0.6 is 0 Å². The number of piperidine rings is 1. The second-order valence-corrected chi connectivity index (χ2v) is 6.20. The molecule has 1 aliphatic heterocycles. The Morgan fingerprint density at radius 1 is 1.04 bits per heavy atom. The zero-order chi connectivity index (χ0) is 17.1. The lowest BCUT2D eigenvalue weighted by Crippen LogP contribution is -2.31. The van der Waals surface area contributed by atoms with Gasteiger partial charge in [-0.2, -0.15) is 0 Å². The molecular formula is C19H20N2O3. The van der Waals surface area contributed by atoms with Gasteiger partial charge < -0.3 is 4.90 Å². The van der Waals surface area contributed by atoms with Gasteiger partial charge in [-0.15, -0.1) is 0 Å². The van der Waals surface area contributed by atoms with Gasteiger partial charge in [-0.1, -0.05) is 29.8 Å². The molecule has 1 heterocycles. The van der Waals surface area contributed by atoms with E-state index in [2.05, 4.69) is 4.90 Å². The molecule has 5 heteroatoms. The molecule has 5 nitrogen and oxygen atoms in total. The van der Waals surface area contributed by atoms with Gasteiger partial charge in [-0.25, -0.2) is 0 Å². The van der Waals surface area contributed by atoms with E-state index in [9.17, 15) is 14.9 Å². The molecule has 3 rings (SSSR count). The Hall–Kier alpha value is -2.69. The van der Waals surface area contributed by atoms with E-state index >= 15 is 0 Å². The Bertz CT molecular complexity index is 763. The van der Waals surface area contributed by atoms with Gasteiger partial charge in [0.1, 0.15) is 0 Å². The van der Waals surface area contributed by atoms with Crippen LogP contribution in [-0.4, -0.2) is 23.8 Å². The third kappa shape index (κ3) is 3.30. The van der Waals surface area contributed by atoms with E-state index in [0.717, 1.165) is 37.9 Å². The minimum absolute atomic E-state index is 0.0241. The molecule has 1 fully saturated rings. The van der Waals surface area contributed by atoms with Crippen molar-refractivity contribution in [3.05, 3.63) is 69.3 Å². The lowest BCUT2D eigenvalue weighted by molar-refractivity contribution is -0.384. The number of carbonyl (C=O) groups excluding carboxylic acids is 1. The van der Waals surface area contributed by atoms with E-state index in [4.69, 9.17) is 0 Å². The number of non-ortho nitro benzene ring substituents is 1. The molecule has 0 aromatic heterocycles. The first kappa shape index (κ1) is 16.2. The number of nitro groups is 1. The summed E-state index contributed by atoms with van der Waals surface area (Å²) in [5.41, 5.74) is 2.93. The fourth-order valence-electron chi connectivity index (χ4n) is 3.08. The second kappa shape index (κ2) is 6.83. The monoisotopic (exact) mass is 324 g/mol. The molecule has 1 aliphatic rings. The summed E-state index contributed by atoms with van der Waals surface area (Å²) in [5, 5.41) is 11.1. The smallest absolute Gasteiger partial charge is 0.271 e. The standard InChI is InChI=1S/C19H20N2O3/c1-14-5-7-15(8-6-14)19(22)17-10-9-16(21(23)24)13-18(17)20-11-3-2-4-12-20/h5-10,13H,2-4,11-12H2,1H3. The predicted octanol–water partition coefficient (Wildman–Crippen LogP) is 4.12. The van der Waals surface area contributed by atoms with E-state index in [0.29, 0.717) is 16.8 Å². The van der Waals surface area contributed by atoms with E-state index in [1.165, 1.54) is 12.1 Å². The highest BCUT2D eigenvalue weighted by Gasteiger charge is 2.22. The Morgan fingerprint density at radius 2 is 1.71 bits per heavy atom. The van der Waals surface area contributed by atoms with Crippen molar-refractivity contribution < 1.29 is 9.72 Å². The first-order chi connectivity index (χ1) is 11.6. The average molecular weight is 324 g/mol. The molecular weight excluding hydrogens is 304 g/mol. The maximum atomic E-state index is 12.9. The van der Waals surface area contributed by atoms with Crippen molar-refractivity contribution in [2.24, 2.45) is 0 Å². The zero-order valence-electron chi connectivity index (χ0n) is 13.7. The topological polar surface area (TPSA) is 63.4 Å². The number of hydrogen-bond donors (Lipinski definition) is 0. The van der Waals surface area contributed by atoms with Gasteiger partial charge in [0.05, 0.1) is 10.6 Å². The fraction of sp³-hybridized carbons (Fsp3) is 0.316. The van der Waals surface area contributed by atoms with Crippen LogP contribution < -0.4 is 4.90 Å². The van der Waals surface area contributed by atoms with Gasteiger partial charge in [0.25, 0.3) is 5.69 Å². The molecule has 0 radical (unpaired) electrons. The predicted molar refractivity (Wildman–Crippen MR) is 93.8 cm³/mol. The molecule has 124 valence electrons. The molecule has 1 saturated heterocycles. The average Bonchev–Trinajstić information content (AvgIpc) is 2.62. The third-order valence-electron chi connectivity index (χ3n) is 4.45. The first-order valence-electron chi connectivity index (χ1n) is 8.21. The minimum Gasteiger partial charge on any atom is -0.371 e. The maximum absolute atomic E-state index is 12.9. The number of rotatable bonds is 4. The molecule has 0 unspecified atom stereocenters. The van der Waals surface area contributed by atoms with Crippen LogP contribution in [-0.2, 0) is 0 Å². The second-order valence-electron chi connectivity index (χ2n) is 6.20. The molecule has 0 atom stereocenters. The Labute approximate surface area is 141 Å². The number of benzene rings is 2. The molecule has 0 saturated carbocycles. The van der Waals surface area contributed by atoms with Crippen molar-refractivity contribution in [2.75, 3.05) is 18.0 Å². The maximum Gasteiger partial charge on any atom is 0.271 e. The summed E-state index contributed by atoms with van der Waals surface area (Å²) in [4.78, 5) is 25.7. The lowest BCUT2D eigenvalue weighted by atomic mass is 9.98. The van der Waals surface area contributed by atoms with Gasteiger partial charge in [-0.05, 0) is 32.3 Å². The molecule has 0 amide bonds. The highest BCUT2D eigenvalue weighted by atomic mass is 16.6. The molecule has 2 aromatic carbocycles. The van der Waals surface area contributed by atoms with E-state index in [1.807, 2.05) is 19.1 Å². The summed E-state index contributed by atoms with van der Waals surface area (Å²) in [7, 11) is 0. The van der Waals surface area contributed by atoms with Gasteiger partial charge >= 0.3 is 0 Å². The van der Waals surface area contributed by atoms with Crippen molar-refractivity contribution in [2.45, 2.75) is 26.2 Å². The van der Waals surface area contributed by atoms with Gasteiger partial charge in [-0.3, -0.25) is 14.9 Å². The normalized spacial score (nSPS) is 14.5. The molecule has 0 spiro atoms. The number of aryl methyl sites for hydroxylation is 1. The first-order valence-corrected chi connectivity index (χ1v) is 8.21. The van der Waals surface area contributed by atoms with Crippen LogP contribution in [0.25, 0.3) is 0 Å². The van der Waals surface area contributed by atoms with Crippen LogP contribution in [0.15, 0.2) is 42.5 Å². The van der Waals surface area contributed by atoms with Crippen molar-refractivity contribution in [3.63, 3.8) is 0 Å². The number of nitro benzene ring substituents is 1. The van der Waals surface area contributed by atoms with Crippen LogP contribution in [0.2, 0.25) is 0 Å². The van der Waals surface area contributed by atoms with Crippen LogP contribution in [0, 0.1) is 17.0 Å². The van der Waals surface area contributed by atoms with E-state index in [1.54, 1.807) is 18.2 Å². The van der Waals surface area contributed by atoms with Crippen molar-refractivity contribution in [3.8, 4) is 0 Å². The summed E-state index contributed by atoms with van der Waals surface area (Å²) in [5.74, 6) is -0.0922. The number of nitrogens with zero attached hydrogens (tertiary/aromatic N) is 2. The van der Waals surface area contributed by atoms with Crippen molar-refractivity contribution >= 4 is 17.2 Å². The Balaban J connectivity index is 2.03. The Kier molecular flexibility index (Phi) is 4.60. The van der Waals surface area contributed by atoms with Gasteiger partial charge in [0.2, 0.25) is 0 Å². The van der Waals surface area contributed by atoms with Crippen molar-refractivity contribution in [1.29, 1.82) is 0 Å². The summed E-state index contributed by atoms with van der Waals surface area (Å²) in [6.07, 6.45) is 3.24. The molecule has 0 N–H and O–H groups in total. The van der Waals surface area contributed by atoms with Gasteiger partial charge in [0.15, 0.2) is 5.78 Å². The van der Waals surface area contributed by atoms with Crippen LogP contribution in [0.4, 0.5) is 11.4 Å². The number of ketones is 1. The zero-order valence-corrected chi connectivity index (χ0v) is 13.7. The third-order valence-corrected chi connectivity index (χ3v) is 4.45. The fourth-order valence-corrected chi connectivity index (χ4v) is 3.08. The number of hydrogen-bond acceptors (Lipinski definition) is 4. The lowest BCUT2D eigenvalue weighted by Gasteiger charge is -2.30. The SMILES string of the molecule is Cc1ccc(C(=O)c2ccc([N+](=O)[O-])cc2N2CCCCC2)cc1. The summed E-state index contributed by atoms with van der Waals surface area (Å²) in [6.45, 7) is 3.63.